The SMILES string of the molecule is CCNCc1ccc(Br)c(S(=O)(=O)N(CC)CC(C)C)c1. The second-order valence-electron chi connectivity index (χ2n) is 5.39. The van der Waals surface area contributed by atoms with E-state index in [9.17, 15) is 8.42 Å². The number of hydrogen-bond donors (Lipinski definition) is 1. The first-order chi connectivity index (χ1) is 9.82. The molecule has 6 heteroatoms. The van der Waals surface area contributed by atoms with Crippen molar-refractivity contribution in [3.05, 3.63) is 28.2 Å². The summed E-state index contributed by atoms with van der Waals surface area (Å²) in [5, 5.41) is 3.21. The van der Waals surface area contributed by atoms with E-state index in [1.165, 1.54) is 4.31 Å². The molecule has 0 aliphatic heterocycles. The Labute approximate surface area is 137 Å². The van der Waals surface area contributed by atoms with Crippen molar-refractivity contribution in [1.29, 1.82) is 0 Å². The van der Waals surface area contributed by atoms with Crippen LogP contribution < -0.4 is 5.32 Å². The summed E-state index contributed by atoms with van der Waals surface area (Å²) < 4.78 is 27.8. The Balaban J connectivity index is 3.16. The number of nitrogens with zero attached hydrogens (tertiary/aromatic N) is 1. The molecule has 0 aromatic heterocycles. The predicted octanol–water partition coefficient (Wildman–Crippen LogP) is 3.23. The highest BCUT2D eigenvalue weighted by molar-refractivity contribution is 9.10. The van der Waals surface area contributed by atoms with Crippen LogP contribution >= 0.6 is 15.9 Å². The second kappa shape index (κ2) is 8.27. The Kier molecular flexibility index (Phi) is 7.33. The summed E-state index contributed by atoms with van der Waals surface area (Å²) in [6, 6.07) is 5.50. The summed E-state index contributed by atoms with van der Waals surface area (Å²) in [6.45, 7) is 10.5. The Morgan fingerprint density at radius 3 is 2.48 bits per heavy atom. The highest BCUT2D eigenvalue weighted by atomic mass is 79.9. The molecule has 0 saturated carbocycles. The highest BCUT2D eigenvalue weighted by Crippen LogP contribution is 2.26. The molecule has 0 unspecified atom stereocenters. The van der Waals surface area contributed by atoms with E-state index in [-0.39, 0.29) is 0 Å². The van der Waals surface area contributed by atoms with Gasteiger partial charge in [-0.3, -0.25) is 0 Å². The van der Waals surface area contributed by atoms with Gasteiger partial charge in [0.2, 0.25) is 10.0 Å². The maximum absolute atomic E-state index is 12.8. The Morgan fingerprint density at radius 1 is 1.29 bits per heavy atom. The first-order valence-electron chi connectivity index (χ1n) is 7.32. The maximum atomic E-state index is 12.8. The fraction of sp³-hybridized carbons (Fsp3) is 0.600. The molecule has 1 rings (SSSR count). The van der Waals surface area contributed by atoms with Crippen LogP contribution in [-0.4, -0.2) is 32.4 Å². The normalized spacial score (nSPS) is 12.3. The molecule has 1 aromatic carbocycles. The van der Waals surface area contributed by atoms with E-state index >= 15 is 0 Å². The van der Waals surface area contributed by atoms with Crippen LogP contribution in [0.3, 0.4) is 0 Å². The topological polar surface area (TPSA) is 49.4 Å². The van der Waals surface area contributed by atoms with Crippen LogP contribution in [0.5, 0.6) is 0 Å². The lowest BCUT2D eigenvalue weighted by Gasteiger charge is -2.23. The molecule has 0 radical (unpaired) electrons. The third-order valence-electron chi connectivity index (χ3n) is 3.11. The summed E-state index contributed by atoms with van der Waals surface area (Å²) >= 11 is 3.37. The van der Waals surface area contributed by atoms with Crippen molar-refractivity contribution in [3.8, 4) is 0 Å². The minimum atomic E-state index is -3.47. The van der Waals surface area contributed by atoms with Crippen LogP contribution in [0.25, 0.3) is 0 Å². The predicted molar refractivity (Wildman–Crippen MR) is 90.8 cm³/mol. The maximum Gasteiger partial charge on any atom is 0.244 e. The van der Waals surface area contributed by atoms with Crippen molar-refractivity contribution in [2.24, 2.45) is 5.92 Å². The van der Waals surface area contributed by atoms with Crippen molar-refractivity contribution in [3.63, 3.8) is 0 Å². The Hall–Kier alpha value is -0.430. The standard InChI is InChI=1S/C15H25BrN2O2S/c1-5-17-10-13-7-8-14(16)15(9-13)21(19,20)18(6-2)11-12(3)4/h7-9,12,17H,5-6,10-11H2,1-4H3. The van der Waals surface area contributed by atoms with Gasteiger partial charge in [0.15, 0.2) is 0 Å². The van der Waals surface area contributed by atoms with Crippen LogP contribution in [-0.2, 0) is 16.6 Å². The van der Waals surface area contributed by atoms with Gasteiger partial charge in [0.05, 0.1) is 4.90 Å². The molecule has 0 aliphatic rings. The fourth-order valence-electron chi connectivity index (χ4n) is 2.07. The number of rotatable bonds is 8. The molecule has 0 spiro atoms. The van der Waals surface area contributed by atoms with Crippen LogP contribution in [0.2, 0.25) is 0 Å². The summed E-state index contributed by atoms with van der Waals surface area (Å²) in [7, 11) is -3.47. The van der Waals surface area contributed by atoms with Crippen molar-refractivity contribution in [2.75, 3.05) is 19.6 Å². The molecule has 0 bridgehead atoms. The largest absolute Gasteiger partial charge is 0.313 e. The van der Waals surface area contributed by atoms with Gasteiger partial charge in [-0.25, -0.2) is 8.42 Å². The minimum absolute atomic E-state index is 0.295. The van der Waals surface area contributed by atoms with E-state index < -0.39 is 10.0 Å². The van der Waals surface area contributed by atoms with Crippen LogP contribution in [0.1, 0.15) is 33.3 Å². The lowest BCUT2D eigenvalue weighted by atomic mass is 10.2. The van der Waals surface area contributed by atoms with Crippen LogP contribution in [0.4, 0.5) is 0 Å². The first kappa shape index (κ1) is 18.6. The van der Waals surface area contributed by atoms with E-state index in [2.05, 4.69) is 21.2 Å². The molecule has 0 saturated heterocycles. The van der Waals surface area contributed by atoms with Crippen molar-refractivity contribution >= 4 is 26.0 Å². The summed E-state index contributed by atoms with van der Waals surface area (Å²) in [5.41, 5.74) is 0.972. The summed E-state index contributed by atoms with van der Waals surface area (Å²) in [4.78, 5) is 0.348. The fourth-order valence-corrected chi connectivity index (χ4v) is 4.66. The monoisotopic (exact) mass is 376 g/mol. The molecule has 0 aliphatic carbocycles. The molecule has 21 heavy (non-hydrogen) atoms. The van der Waals surface area contributed by atoms with E-state index in [0.717, 1.165) is 12.1 Å². The highest BCUT2D eigenvalue weighted by Gasteiger charge is 2.26. The molecule has 0 heterocycles. The lowest BCUT2D eigenvalue weighted by Crippen LogP contribution is -2.34. The smallest absolute Gasteiger partial charge is 0.244 e. The van der Waals surface area contributed by atoms with Gasteiger partial charge < -0.3 is 5.32 Å². The van der Waals surface area contributed by atoms with Gasteiger partial charge in [0.1, 0.15) is 0 Å². The number of nitrogens with one attached hydrogen (secondary N) is 1. The van der Waals surface area contributed by atoms with Gasteiger partial charge in [-0.15, -0.1) is 0 Å². The third-order valence-corrected chi connectivity index (χ3v) is 6.05. The van der Waals surface area contributed by atoms with Crippen LogP contribution in [0.15, 0.2) is 27.6 Å². The molecule has 0 atom stereocenters. The third kappa shape index (κ3) is 5.06. The zero-order valence-electron chi connectivity index (χ0n) is 13.2. The van der Waals surface area contributed by atoms with E-state index in [1.807, 2.05) is 39.8 Å². The molecule has 4 nitrogen and oxygen atoms in total. The van der Waals surface area contributed by atoms with E-state index in [1.54, 1.807) is 6.07 Å². The van der Waals surface area contributed by atoms with Crippen LogP contribution in [0, 0.1) is 5.92 Å². The molecule has 0 fully saturated rings. The zero-order chi connectivity index (χ0) is 16.0. The molecular weight excluding hydrogens is 352 g/mol. The summed E-state index contributed by atoms with van der Waals surface area (Å²) in [6.07, 6.45) is 0. The first-order valence-corrected chi connectivity index (χ1v) is 9.55. The Morgan fingerprint density at radius 2 is 1.95 bits per heavy atom. The molecule has 0 amide bonds. The molecule has 1 aromatic rings. The zero-order valence-corrected chi connectivity index (χ0v) is 15.6. The molecular formula is C15H25BrN2O2S. The quantitative estimate of drug-likeness (QED) is 0.757. The number of halogens is 1. The average molecular weight is 377 g/mol. The van der Waals surface area contributed by atoms with E-state index in [0.29, 0.717) is 34.9 Å². The van der Waals surface area contributed by atoms with Gasteiger partial charge in [0.25, 0.3) is 0 Å². The van der Waals surface area contributed by atoms with Crippen molar-refractivity contribution in [2.45, 2.75) is 39.1 Å². The van der Waals surface area contributed by atoms with Crippen molar-refractivity contribution < 1.29 is 8.42 Å². The average Bonchev–Trinajstić information content (AvgIpc) is 2.43. The second-order valence-corrected chi connectivity index (χ2v) is 8.16. The van der Waals surface area contributed by atoms with Gasteiger partial charge in [-0.1, -0.05) is 33.8 Å². The van der Waals surface area contributed by atoms with E-state index in [4.69, 9.17) is 0 Å². The van der Waals surface area contributed by atoms with Gasteiger partial charge >= 0.3 is 0 Å². The molecule has 1 N–H and O–H groups in total. The minimum Gasteiger partial charge on any atom is -0.313 e. The number of sulfonamides is 1. The summed E-state index contributed by atoms with van der Waals surface area (Å²) in [5.74, 6) is 0.295. The van der Waals surface area contributed by atoms with Crippen molar-refractivity contribution in [1.82, 2.24) is 9.62 Å². The number of benzene rings is 1. The molecule has 120 valence electrons. The number of hydrogen-bond acceptors (Lipinski definition) is 3. The van der Waals surface area contributed by atoms with Gasteiger partial charge in [0, 0.05) is 24.1 Å². The van der Waals surface area contributed by atoms with Gasteiger partial charge in [-0.2, -0.15) is 4.31 Å². The van der Waals surface area contributed by atoms with Gasteiger partial charge in [-0.05, 0) is 46.1 Å². The lowest BCUT2D eigenvalue weighted by molar-refractivity contribution is 0.380. The Bertz CT molecular complexity index is 559.